The van der Waals surface area contributed by atoms with E-state index in [1.807, 2.05) is 0 Å². The van der Waals surface area contributed by atoms with E-state index in [-0.39, 0.29) is 17.5 Å². The lowest BCUT2D eigenvalue weighted by atomic mass is 9.53. The van der Waals surface area contributed by atoms with Crippen molar-refractivity contribution >= 4 is 5.91 Å². The molecule has 4 heteroatoms. The average Bonchev–Trinajstić information content (AvgIpc) is 2.37. The van der Waals surface area contributed by atoms with Gasteiger partial charge >= 0.3 is 0 Å². The molecule has 4 nitrogen and oxygen atoms in total. The van der Waals surface area contributed by atoms with E-state index in [0.717, 1.165) is 30.8 Å². The van der Waals surface area contributed by atoms with Crippen molar-refractivity contribution in [2.24, 2.45) is 17.8 Å². The molecule has 2 unspecified atom stereocenters. The van der Waals surface area contributed by atoms with E-state index >= 15 is 0 Å². The van der Waals surface area contributed by atoms with Gasteiger partial charge in [-0.05, 0) is 63.2 Å². The highest BCUT2D eigenvalue weighted by Crippen LogP contribution is 2.55. The Hall–Kier alpha value is -0.610. The van der Waals surface area contributed by atoms with Crippen LogP contribution < -0.4 is 16.0 Å². The van der Waals surface area contributed by atoms with Gasteiger partial charge in [-0.1, -0.05) is 0 Å². The molecule has 5 fully saturated rings. The molecule has 4 aliphatic carbocycles. The molecule has 0 aromatic heterocycles. The van der Waals surface area contributed by atoms with Crippen molar-refractivity contribution in [1.82, 2.24) is 16.0 Å². The zero-order chi connectivity index (χ0) is 13.7. The van der Waals surface area contributed by atoms with Crippen LogP contribution >= 0.6 is 0 Å². The molecule has 0 aromatic rings. The standard InChI is InChI=1S/C16H27N3O/c1-10-8-18-14(9-17-10)15(20)19-16-5-11-2-12(6-16)4-13(3-11)7-16/h10-14,17-18H,2-9H2,1H3,(H,19,20). The molecule has 5 rings (SSSR count). The summed E-state index contributed by atoms with van der Waals surface area (Å²) < 4.78 is 0. The van der Waals surface area contributed by atoms with Crippen LogP contribution in [0.2, 0.25) is 0 Å². The van der Waals surface area contributed by atoms with Crippen LogP contribution in [0.5, 0.6) is 0 Å². The van der Waals surface area contributed by atoms with Crippen LogP contribution in [-0.2, 0) is 4.79 Å². The fraction of sp³-hybridized carbons (Fsp3) is 0.938. The summed E-state index contributed by atoms with van der Waals surface area (Å²) in [6.45, 7) is 3.80. The van der Waals surface area contributed by atoms with Crippen molar-refractivity contribution in [3.8, 4) is 0 Å². The molecular formula is C16H27N3O. The first-order valence-electron chi connectivity index (χ1n) is 8.41. The third-order valence-corrected chi connectivity index (χ3v) is 6.08. The van der Waals surface area contributed by atoms with Gasteiger partial charge in [-0.2, -0.15) is 0 Å². The number of hydrogen-bond acceptors (Lipinski definition) is 3. The number of hydrogen-bond donors (Lipinski definition) is 3. The van der Waals surface area contributed by atoms with Gasteiger partial charge in [-0.15, -0.1) is 0 Å². The molecule has 1 amide bonds. The molecule has 5 aliphatic rings. The molecule has 2 atom stereocenters. The zero-order valence-electron chi connectivity index (χ0n) is 12.5. The third kappa shape index (κ3) is 2.27. The summed E-state index contributed by atoms with van der Waals surface area (Å²) in [5.41, 5.74) is 0.149. The Bertz CT molecular complexity index is 365. The van der Waals surface area contributed by atoms with Crippen LogP contribution in [0.15, 0.2) is 0 Å². The molecular weight excluding hydrogens is 250 g/mol. The second-order valence-corrected chi connectivity index (χ2v) is 7.96. The first-order chi connectivity index (χ1) is 9.62. The zero-order valence-corrected chi connectivity index (χ0v) is 12.5. The number of carbonyl (C=O) groups excluding carboxylic acids is 1. The minimum Gasteiger partial charge on any atom is -0.349 e. The van der Waals surface area contributed by atoms with Crippen LogP contribution in [0.3, 0.4) is 0 Å². The summed E-state index contributed by atoms with van der Waals surface area (Å²) in [5.74, 6) is 2.89. The molecule has 0 radical (unpaired) electrons. The highest BCUT2D eigenvalue weighted by atomic mass is 16.2. The Morgan fingerprint density at radius 3 is 2.10 bits per heavy atom. The monoisotopic (exact) mass is 277 g/mol. The SMILES string of the molecule is CC1CNC(C(=O)NC23CC4CC(CC(C4)C2)C3)CN1. The van der Waals surface area contributed by atoms with Gasteiger partial charge < -0.3 is 16.0 Å². The second-order valence-electron chi connectivity index (χ2n) is 7.96. The minimum atomic E-state index is -0.0424. The molecule has 4 bridgehead atoms. The van der Waals surface area contributed by atoms with Crippen LogP contribution in [0.4, 0.5) is 0 Å². The summed E-state index contributed by atoms with van der Waals surface area (Å²) >= 11 is 0. The second kappa shape index (κ2) is 4.70. The van der Waals surface area contributed by atoms with E-state index in [0.29, 0.717) is 6.04 Å². The van der Waals surface area contributed by atoms with Gasteiger partial charge in [0.05, 0.1) is 6.04 Å². The van der Waals surface area contributed by atoms with E-state index in [9.17, 15) is 4.79 Å². The predicted molar refractivity (Wildman–Crippen MR) is 78.3 cm³/mol. The number of piperazine rings is 1. The van der Waals surface area contributed by atoms with Crippen molar-refractivity contribution < 1.29 is 4.79 Å². The van der Waals surface area contributed by atoms with Crippen molar-refractivity contribution in [2.45, 2.75) is 63.1 Å². The van der Waals surface area contributed by atoms with Gasteiger partial charge in [0.1, 0.15) is 0 Å². The lowest BCUT2D eigenvalue weighted by molar-refractivity contribution is -0.129. The summed E-state index contributed by atoms with van der Waals surface area (Å²) in [5, 5.41) is 10.2. The quantitative estimate of drug-likeness (QED) is 0.706. The van der Waals surface area contributed by atoms with Crippen LogP contribution in [0, 0.1) is 17.8 Å². The Labute approximate surface area is 121 Å². The summed E-state index contributed by atoms with van der Waals surface area (Å²) in [6, 6.07) is 0.429. The molecule has 0 spiro atoms. The third-order valence-electron chi connectivity index (χ3n) is 6.08. The van der Waals surface area contributed by atoms with E-state index in [4.69, 9.17) is 0 Å². The molecule has 1 saturated heterocycles. The molecule has 112 valence electrons. The number of rotatable bonds is 2. The maximum absolute atomic E-state index is 12.6. The average molecular weight is 277 g/mol. The predicted octanol–water partition coefficient (Wildman–Crippen LogP) is 1.02. The summed E-state index contributed by atoms with van der Waals surface area (Å²) in [7, 11) is 0. The van der Waals surface area contributed by atoms with Crippen molar-refractivity contribution in [1.29, 1.82) is 0 Å². The maximum Gasteiger partial charge on any atom is 0.238 e. The fourth-order valence-corrected chi connectivity index (χ4v) is 5.58. The highest BCUT2D eigenvalue weighted by Gasteiger charge is 2.51. The number of nitrogens with one attached hydrogen (secondary N) is 3. The molecule has 0 aromatic carbocycles. The maximum atomic E-state index is 12.6. The largest absolute Gasteiger partial charge is 0.349 e. The Morgan fingerprint density at radius 2 is 1.60 bits per heavy atom. The van der Waals surface area contributed by atoms with Gasteiger partial charge in [-0.25, -0.2) is 0 Å². The molecule has 4 saturated carbocycles. The lowest BCUT2D eigenvalue weighted by Crippen LogP contribution is -2.65. The topological polar surface area (TPSA) is 53.2 Å². The Morgan fingerprint density at radius 1 is 1.00 bits per heavy atom. The van der Waals surface area contributed by atoms with Crippen molar-refractivity contribution in [2.75, 3.05) is 13.1 Å². The van der Waals surface area contributed by atoms with Crippen molar-refractivity contribution in [3.63, 3.8) is 0 Å². The minimum absolute atomic E-state index is 0.0424. The smallest absolute Gasteiger partial charge is 0.238 e. The van der Waals surface area contributed by atoms with E-state index in [2.05, 4.69) is 22.9 Å². The van der Waals surface area contributed by atoms with Crippen LogP contribution in [-0.4, -0.2) is 36.6 Å². The lowest BCUT2D eigenvalue weighted by Gasteiger charge is -2.57. The summed E-state index contributed by atoms with van der Waals surface area (Å²) in [6.07, 6.45) is 7.99. The van der Waals surface area contributed by atoms with E-state index in [1.54, 1.807) is 0 Å². The van der Waals surface area contributed by atoms with Gasteiger partial charge in [0.15, 0.2) is 0 Å². The van der Waals surface area contributed by atoms with Gasteiger partial charge in [0.2, 0.25) is 5.91 Å². The van der Waals surface area contributed by atoms with Gasteiger partial charge in [0, 0.05) is 24.7 Å². The molecule has 1 heterocycles. The van der Waals surface area contributed by atoms with Gasteiger partial charge in [-0.3, -0.25) is 4.79 Å². The van der Waals surface area contributed by atoms with Crippen LogP contribution in [0.1, 0.15) is 45.4 Å². The normalized spacial score (nSPS) is 50.1. The van der Waals surface area contributed by atoms with Crippen LogP contribution in [0.25, 0.3) is 0 Å². The fourth-order valence-electron chi connectivity index (χ4n) is 5.58. The van der Waals surface area contributed by atoms with Gasteiger partial charge in [0.25, 0.3) is 0 Å². The molecule has 3 N–H and O–H groups in total. The number of carbonyl (C=O) groups is 1. The summed E-state index contributed by atoms with van der Waals surface area (Å²) in [4.78, 5) is 12.6. The highest BCUT2D eigenvalue weighted by molar-refractivity contribution is 5.83. The van der Waals surface area contributed by atoms with E-state index < -0.39 is 0 Å². The Kier molecular flexibility index (Phi) is 3.08. The van der Waals surface area contributed by atoms with E-state index in [1.165, 1.54) is 38.5 Å². The Balaban J connectivity index is 1.42. The molecule has 20 heavy (non-hydrogen) atoms. The molecule has 1 aliphatic heterocycles. The number of amides is 1. The first-order valence-corrected chi connectivity index (χ1v) is 8.41. The van der Waals surface area contributed by atoms with Crippen molar-refractivity contribution in [3.05, 3.63) is 0 Å². The first kappa shape index (κ1) is 13.1.